The monoisotopic (exact) mass is 310 g/mol. The molecule has 0 amide bonds. The number of halogens is 1. The van der Waals surface area contributed by atoms with E-state index in [9.17, 15) is 0 Å². The molecule has 1 aliphatic rings. The van der Waals surface area contributed by atoms with Crippen LogP contribution in [0.5, 0.6) is 0 Å². The summed E-state index contributed by atoms with van der Waals surface area (Å²) < 4.78 is 1.13. The van der Waals surface area contributed by atoms with E-state index in [1.54, 1.807) is 0 Å². The smallest absolute Gasteiger partial charge is 0.0499 e. The van der Waals surface area contributed by atoms with Crippen LogP contribution in [0.4, 0.5) is 0 Å². The number of nitrogens with two attached hydrogens (primary N) is 1. The molecular formula is C15H23BrN2. The lowest BCUT2D eigenvalue weighted by Gasteiger charge is -2.41. The number of likely N-dealkylation sites (tertiary alicyclic amines) is 1. The van der Waals surface area contributed by atoms with E-state index in [0.717, 1.165) is 4.47 Å². The van der Waals surface area contributed by atoms with Gasteiger partial charge in [-0.05, 0) is 50.9 Å². The number of hydrogen-bond donors (Lipinski definition) is 1. The molecule has 2 N–H and O–H groups in total. The van der Waals surface area contributed by atoms with Gasteiger partial charge in [0.1, 0.15) is 0 Å². The molecule has 0 bridgehead atoms. The Balaban J connectivity index is 2.24. The second-order valence-corrected chi connectivity index (χ2v) is 6.35. The third-order valence-electron chi connectivity index (χ3n) is 3.92. The molecule has 1 saturated heterocycles. The van der Waals surface area contributed by atoms with Gasteiger partial charge in [0, 0.05) is 22.6 Å². The third-order valence-corrected chi connectivity index (χ3v) is 4.45. The van der Waals surface area contributed by atoms with Crippen molar-refractivity contribution in [2.45, 2.75) is 51.2 Å². The predicted octanol–water partition coefficient (Wildman–Crippen LogP) is 3.71. The minimum Gasteiger partial charge on any atom is -0.326 e. The van der Waals surface area contributed by atoms with Crippen molar-refractivity contribution in [3.05, 3.63) is 34.3 Å². The minimum atomic E-state index is 0.159. The van der Waals surface area contributed by atoms with Crippen LogP contribution in [-0.4, -0.2) is 23.5 Å². The topological polar surface area (TPSA) is 29.3 Å². The second-order valence-electron chi connectivity index (χ2n) is 5.44. The third kappa shape index (κ3) is 3.14. The van der Waals surface area contributed by atoms with E-state index in [1.165, 1.54) is 31.4 Å². The predicted molar refractivity (Wildman–Crippen MR) is 80.6 cm³/mol. The quantitative estimate of drug-likeness (QED) is 0.922. The zero-order valence-corrected chi connectivity index (χ0v) is 12.9. The molecule has 2 rings (SSSR count). The van der Waals surface area contributed by atoms with Crippen LogP contribution in [0, 0.1) is 0 Å². The van der Waals surface area contributed by atoms with Crippen LogP contribution in [0.15, 0.2) is 28.7 Å². The molecule has 1 aromatic carbocycles. The first kappa shape index (κ1) is 14.0. The Morgan fingerprint density at radius 2 is 1.94 bits per heavy atom. The molecule has 0 saturated carbocycles. The summed E-state index contributed by atoms with van der Waals surface area (Å²) in [7, 11) is 0. The van der Waals surface area contributed by atoms with Crippen LogP contribution in [0.25, 0.3) is 0 Å². The molecule has 0 aromatic heterocycles. The van der Waals surface area contributed by atoms with Crippen LogP contribution >= 0.6 is 15.9 Å². The highest BCUT2D eigenvalue weighted by atomic mass is 79.9. The maximum Gasteiger partial charge on any atom is 0.0499 e. The molecule has 3 heteroatoms. The zero-order valence-electron chi connectivity index (χ0n) is 11.3. The summed E-state index contributed by atoms with van der Waals surface area (Å²) in [5.74, 6) is 0. The van der Waals surface area contributed by atoms with Gasteiger partial charge in [-0.1, -0.05) is 34.5 Å². The van der Waals surface area contributed by atoms with Crippen molar-refractivity contribution in [3.63, 3.8) is 0 Å². The maximum atomic E-state index is 6.25. The Kier molecular flexibility index (Phi) is 4.82. The molecule has 1 heterocycles. The Labute approximate surface area is 119 Å². The number of piperidine rings is 1. The average molecular weight is 311 g/mol. The highest BCUT2D eigenvalue weighted by Gasteiger charge is 2.29. The van der Waals surface area contributed by atoms with E-state index in [4.69, 9.17) is 5.73 Å². The Morgan fingerprint density at radius 3 is 2.50 bits per heavy atom. The summed E-state index contributed by atoms with van der Waals surface area (Å²) in [6.07, 6.45) is 3.94. The molecule has 18 heavy (non-hydrogen) atoms. The van der Waals surface area contributed by atoms with E-state index in [0.29, 0.717) is 12.1 Å². The molecule has 2 nitrogen and oxygen atoms in total. The number of nitrogens with zero attached hydrogens (tertiary/aromatic N) is 1. The molecule has 1 aromatic rings. The molecule has 0 spiro atoms. The van der Waals surface area contributed by atoms with E-state index in [-0.39, 0.29) is 6.04 Å². The largest absolute Gasteiger partial charge is 0.326 e. The van der Waals surface area contributed by atoms with Crippen molar-refractivity contribution in [1.29, 1.82) is 0 Å². The molecular weight excluding hydrogens is 288 g/mol. The fourth-order valence-electron chi connectivity index (χ4n) is 2.99. The minimum absolute atomic E-state index is 0.159. The number of rotatable bonds is 3. The van der Waals surface area contributed by atoms with Gasteiger partial charge < -0.3 is 5.73 Å². The standard InChI is InChI=1S/C15H23BrN2/c1-11-5-3-4-10-18(11)15(12(2)17)13-6-8-14(16)9-7-13/h6-9,11-12,15H,3-5,10,17H2,1-2H3. The van der Waals surface area contributed by atoms with Crippen molar-refractivity contribution in [1.82, 2.24) is 4.90 Å². The second kappa shape index (κ2) is 6.18. The van der Waals surface area contributed by atoms with E-state index in [1.807, 2.05) is 0 Å². The van der Waals surface area contributed by atoms with Gasteiger partial charge in [-0.2, -0.15) is 0 Å². The SMILES string of the molecule is CC(N)C(c1ccc(Br)cc1)N1CCCCC1C. The lowest BCUT2D eigenvalue weighted by atomic mass is 9.93. The summed E-state index contributed by atoms with van der Waals surface area (Å²) in [4.78, 5) is 2.58. The van der Waals surface area contributed by atoms with Crippen molar-refractivity contribution in [2.24, 2.45) is 5.73 Å². The van der Waals surface area contributed by atoms with Gasteiger partial charge in [-0.3, -0.25) is 4.90 Å². The van der Waals surface area contributed by atoms with Crippen LogP contribution < -0.4 is 5.73 Å². The first-order chi connectivity index (χ1) is 8.59. The van der Waals surface area contributed by atoms with Gasteiger partial charge in [0.2, 0.25) is 0 Å². The van der Waals surface area contributed by atoms with Crippen LogP contribution in [-0.2, 0) is 0 Å². The van der Waals surface area contributed by atoms with Gasteiger partial charge in [-0.25, -0.2) is 0 Å². The van der Waals surface area contributed by atoms with Crippen LogP contribution in [0.2, 0.25) is 0 Å². The van der Waals surface area contributed by atoms with Gasteiger partial charge in [-0.15, -0.1) is 0 Å². The van der Waals surface area contributed by atoms with E-state index in [2.05, 4.69) is 58.9 Å². The summed E-state index contributed by atoms with van der Waals surface area (Å²) >= 11 is 3.49. The van der Waals surface area contributed by atoms with E-state index < -0.39 is 0 Å². The summed E-state index contributed by atoms with van der Waals surface area (Å²) in [6.45, 7) is 5.62. The Bertz CT molecular complexity index is 375. The normalized spacial score (nSPS) is 24.8. The molecule has 100 valence electrons. The molecule has 0 aliphatic carbocycles. The van der Waals surface area contributed by atoms with E-state index >= 15 is 0 Å². The summed E-state index contributed by atoms with van der Waals surface area (Å²) in [5.41, 5.74) is 7.58. The van der Waals surface area contributed by atoms with Gasteiger partial charge in [0.25, 0.3) is 0 Å². The molecule has 0 radical (unpaired) electrons. The Morgan fingerprint density at radius 1 is 1.28 bits per heavy atom. The molecule has 3 unspecified atom stereocenters. The fraction of sp³-hybridized carbons (Fsp3) is 0.600. The molecule has 1 fully saturated rings. The van der Waals surface area contributed by atoms with Crippen LogP contribution in [0.1, 0.15) is 44.7 Å². The molecule has 3 atom stereocenters. The lowest BCUT2D eigenvalue weighted by molar-refractivity contribution is 0.0923. The Hall–Kier alpha value is -0.380. The fourth-order valence-corrected chi connectivity index (χ4v) is 3.25. The highest BCUT2D eigenvalue weighted by molar-refractivity contribution is 9.10. The van der Waals surface area contributed by atoms with Gasteiger partial charge in [0.15, 0.2) is 0 Å². The van der Waals surface area contributed by atoms with Crippen molar-refractivity contribution >= 4 is 15.9 Å². The zero-order chi connectivity index (χ0) is 13.1. The summed E-state index contributed by atoms with van der Waals surface area (Å²) in [6, 6.07) is 9.75. The first-order valence-corrected chi connectivity index (χ1v) is 7.65. The van der Waals surface area contributed by atoms with Crippen molar-refractivity contribution in [3.8, 4) is 0 Å². The van der Waals surface area contributed by atoms with Gasteiger partial charge >= 0.3 is 0 Å². The van der Waals surface area contributed by atoms with Crippen LogP contribution in [0.3, 0.4) is 0 Å². The first-order valence-electron chi connectivity index (χ1n) is 6.86. The highest BCUT2D eigenvalue weighted by Crippen LogP contribution is 2.31. The average Bonchev–Trinajstić information content (AvgIpc) is 2.34. The molecule has 1 aliphatic heterocycles. The van der Waals surface area contributed by atoms with Crippen molar-refractivity contribution in [2.75, 3.05) is 6.54 Å². The lowest BCUT2D eigenvalue weighted by Crippen LogP contribution is -2.46. The number of hydrogen-bond acceptors (Lipinski definition) is 2. The number of benzene rings is 1. The maximum absolute atomic E-state index is 6.25. The summed E-state index contributed by atoms with van der Waals surface area (Å²) in [5, 5.41) is 0. The van der Waals surface area contributed by atoms with Crippen molar-refractivity contribution < 1.29 is 0 Å². The van der Waals surface area contributed by atoms with Gasteiger partial charge in [0.05, 0.1) is 0 Å².